The Kier molecular flexibility index (Phi) is 4.64. The van der Waals surface area contributed by atoms with E-state index in [4.69, 9.17) is 4.52 Å². The fraction of sp³-hybridized carbons (Fsp3) is 0.250. The number of hydrogen-bond donors (Lipinski definition) is 1. The van der Waals surface area contributed by atoms with Gasteiger partial charge in [0.2, 0.25) is 0 Å². The summed E-state index contributed by atoms with van der Waals surface area (Å²) in [7, 11) is 0. The molecule has 5 nitrogen and oxygen atoms in total. The van der Waals surface area contributed by atoms with Gasteiger partial charge in [-0.05, 0) is 53.6 Å². The van der Waals surface area contributed by atoms with Crippen molar-refractivity contribution < 1.29 is 9.32 Å². The number of benzene rings is 3. The van der Waals surface area contributed by atoms with Crippen molar-refractivity contribution in [3.05, 3.63) is 72.3 Å². The highest BCUT2D eigenvalue weighted by Gasteiger charge is 2.24. The number of nitrogens with one attached hydrogen (secondary N) is 1. The zero-order valence-electron chi connectivity index (χ0n) is 16.2. The number of hydrogen-bond acceptors (Lipinski definition) is 3. The first-order valence-electron chi connectivity index (χ1n) is 10.1. The average molecular weight is 385 g/mol. The SMILES string of the molecule is O=C(Nc1noc2ccccc12)N1CCC(Cc2ccc3ccccc3c2)CC1. The average Bonchev–Trinajstić information content (AvgIpc) is 3.17. The van der Waals surface area contributed by atoms with Crippen molar-refractivity contribution in [1.82, 2.24) is 10.1 Å². The minimum absolute atomic E-state index is 0.104. The number of nitrogens with zero attached hydrogens (tertiary/aromatic N) is 2. The predicted molar refractivity (Wildman–Crippen MR) is 115 cm³/mol. The molecular weight excluding hydrogens is 362 g/mol. The van der Waals surface area contributed by atoms with Crippen LogP contribution >= 0.6 is 0 Å². The Morgan fingerprint density at radius 3 is 2.62 bits per heavy atom. The molecule has 0 saturated carbocycles. The molecule has 3 aromatic carbocycles. The molecule has 29 heavy (non-hydrogen) atoms. The molecule has 146 valence electrons. The van der Waals surface area contributed by atoms with Gasteiger partial charge in [-0.2, -0.15) is 0 Å². The van der Waals surface area contributed by atoms with E-state index in [2.05, 4.69) is 52.9 Å². The molecule has 0 bridgehead atoms. The van der Waals surface area contributed by atoms with Crippen LogP contribution in [0, 0.1) is 5.92 Å². The number of para-hydroxylation sites is 1. The van der Waals surface area contributed by atoms with Crippen LogP contribution in [0.1, 0.15) is 18.4 Å². The van der Waals surface area contributed by atoms with E-state index >= 15 is 0 Å². The van der Waals surface area contributed by atoms with Crippen molar-refractivity contribution in [3.63, 3.8) is 0 Å². The molecule has 1 saturated heterocycles. The number of carbonyl (C=O) groups excluding carboxylic acids is 1. The zero-order chi connectivity index (χ0) is 19.6. The van der Waals surface area contributed by atoms with Crippen LogP contribution in [-0.2, 0) is 6.42 Å². The van der Waals surface area contributed by atoms with Crippen molar-refractivity contribution in [2.75, 3.05) is 18.4 Å². The maximum absolute atomic E-state index is 12.7. The van der Waals surface area contributed by atoms with Crippen LogP contribution in [0.15, 0.2) is 71.3 Å². The quantitative estimate of drug-likeness (QED) is 0.509. The molecule has 1 aromatic heterocycles. The lowest BCUT2D eigenvalue weighted by Crippen LogP contribution is -2.41. The van der Waals surface area contributed by atoms with Crippen LogP contribution in [0.2, 0.25) is 0 Å². The van der Waals surface area contributed by atoms with Gasteiger partial charge < -0.3 is 9.42 Å². The van der Waals surface area contributed by atoms with E-state index in [1.54, 1.807) is 0 Å². The van der Waals surface area contributed by atoms with Crippen LogP contribution in [0.4, 0.5) is 10.6 Å². The number of aromatic nitrogens is 1. The molecule has 1 fully saturated rings. The van der Waals surface area contributed by atoms with Gasteiger partial charge in [0.15, 0.2) is 11.4 Å². The molecule has 0 atom stereocenters. The Bertz CT molecular complexity index is 1160. The molecule has 1 aliphatic heterocycles. The van der Waals surface area contributed by atoms with Gasteiger partial charge in [0, 0.05) is 13.1 Å². The molecule has 5 heteroatoms. The summed E-state index contributed by atoms with van der Waals surface area (Å²) in [6, 6.07) is 22.6. The highest BCUT2D eigenvalue weighted by molar-refractivity contribution is 5.98. The molecular formula is C24H23N3O2. The van der Waals surface area contributed by atoms with Crippen LogP contribution in [0.25, 0.3) is 21.7 Å². The van der Waals surface area contributed by atoms with Crippen molar-refractivity contribution in [3.8, 4) is 0 Å². The second-order valence-corrected chi connectivity index (χ2v) is 7.77. The Balaban J connectivity index is 1.19. The Hall–Kier alpha value is -3.34. The molecule has 4 aromatic rings. The van der Waals surface area contributed by atoms with Crippen molar-refractivity contribution in [2.24, 2.45) is 5.92 Å². The number of urea groups is 1. The molecule has 0 radical (unpaired) electrons. The van der Waals surface area contributed by atoms with Gasteiger partial charge in [-0.1, -0.05) is 59.8 Å². The number of amides is 2. The van der Waals surface area contributed by atoms with Crippen molar-refractivity contribution in [1.29, 1.82) is 0 Å². The molecule has 0 unspecified atom stereocenters. The third kappa shape index (κ3) is 3.68. The van der Waals surface area contributed by atoms with Crippen LogP contribution in [0.3, 0.4) is 0 Å². The fourth-order valence-corrected chi connectivity index (χ4v) is 4.20. The number of likely N-dealkylation sites (tertiary alicyclic amines) is 1. The maximum atomic E-state index is 12.7. The Labute approximate surface area is 169 Å². The van der Waals surface area contributed by atoms with E-state index in [0.29, 0.717) is 17.3 Å². The Morgan fingerprint density at radius 2 is 1.76 bits per heavy atom. The summed E-state index contributed by atoms with van der Waals surface area (Å²) < 4.78 is 5.27. The fourth-order valence-electron chi connectivity index (χ4n) is 4.20. The van der Waals surface area contributed by atoms with Crippen LogP contribution in [-0.4, -0.2) is 29.2 Å². The van der Waals surface area contributed by atoms with E-state index in [-0.39, 0.29) is 6.03 Å². The third-order valence-electron chi connectivity index (χ3n) is 5.84. The molecule has 2 amide bonds. The second kappa shape index (κ2) is 7.59. The summed E-state index contributed by atoms with van der Waals surface area (Å²) >= 11 is 0. The summed E-state index contributed by atoms with van der Waals surface area (Å²) in [6.45, 7) is 1.53. The van der Waals surface area contributed by atoms with Crippen LogP contribution < -0.4 is 5.32 Å². The summed E-state index contributed by atoms with van der Waals surface area (Å²) in [5.41, 5.74) is 2.05. The first-order chi connectivity index (χ1) is 14.3. The minimum Gasteiger partial charge on any atom is -0.354 e. The van der Waals surface area contributed by atoms with E-state index in [0.717, 1.165) is 37.7 Å². The number of anilines is 1. The summed E-state index contributed by atoms with van der Waals surface area (Å²) in [4.78, 5) is 14.5. The largest absolute Gasteiger partial charge is 0.354 e. The van der Waals surface area contributed by atoms with Crippen molar-refractivity contribution >= 4 is 33.6 Å². The van der Waals surface area contributed by atoms with Gasteiger partial charge in [-0.25, -0.2) is 4.79 Å². The first kappa shape index (κ1) is 17.7. The van der Waals surface area contributed by atoms with Gasteiger partial charge in [0.25, 0.3) is 0 Å². The standard InChI is InChI=1S/C24H23N3O2/c28-24(25-23-21-7-3-4-8-22(21)29-26-23)27-13-11-17(12-14-27)15-18-9-10-19-5-1-2-6-20(19)16-18/h1-10,16-17H,11-15H2,(H,25,26,28). The smallest absolute Gasteiger partial charge is 0.323 e. The molecule has 0 spiro atoms. The lowest BCUT2D eigenvalue weighted by molar-refractivity contribution is 0.182. The van der Waals surface area contributed by atoms with Gasteiger partial charge >= 0.3 is 6.03 Å². The number of piperidine rings is 1. The highest BCUT2D eigenvalue weighted by Crippen LogP contribution is 2.26. The van der Waals surface area contributed by atoms with Crippen molar-refractivity contribution in [2.45, 2.75) is 19.3 Å². The molecule has 1 N–H and O–H groups in total. The number of rotatable bonds is 3. The topological polar surface area (TPSA) is 58.4 Å². The second-order valence-electron chi connectivity index (χ2n) is 7.77. The normalized spacial score (nSPS) is 15.1. The van der Waals surface area contributed by atoms with Gasteiger partial charge in [-0.15, -0.1) is 0 Å². The van der Waals surface area contributed by atoms with Gasteiger partial charge in [-0.3, -0.25) is 5.32 Å². The van der Waals surface area contributed by atoms with E-state index in [1.165, 1.54) is 16.3 Å². The lowest BCUT2D eigenvalue weighted by Gasteiger charge is -2.32. The van der Waals surface area contributed by atoms with E-state index in [9.17, 15) is 4.79 Å². The summed E-state index contributed by atoms with van der Waals surface area (Å²) in [5.74, 6) is 1.09. The Morgan fingerprint density at radius 1 is 1.00 bits per heavy atom. The molecule has 1 aliphatic rings. The predicted octanol–water partition coefficient (Wildman–Crippen LogP) is 5.47. The van der Waals surface area contributed by atoms with E-state index < -0.39 is 0 Å². The molecule has 2 heterocycles. The lowest BCUT2D eigenvalue weighted by atomic mass is 9.89. The third-order valence-corrected chi connectivity index (χ3v) is 5.84. The van der Waals surface area contributed by atoms with Gasteiger partial charge in [0.1, 0.15) is 0 Å². The summed E-state index contributed by atoms with van der Waals surface area (Å²) in [5, 5.41) is 10.3. The number of carbonyl (C=O) groups is 1. The van der Waals surface area contributed by atoms with E-state index in [1.807, 2.05) is 29.2 Å². The zero-order valence-corrected chi connectivity index (χ0v) is 16.2. The maximum Gasteiger partial charge on any atom is 0.323 e. The van der Waals surface area contributed by atoms with Gasteiger partial charge in [0.05, 0.1) is 5.39 Å². The number of fused-ring (bicyclic) bond motifs is 2. The monoisotopic (exact) mass is 385 g/mol. The molecule has 5 rings (SSSR count). The van der Waals surface area contributed by atoms with Crippen LogP contribution in [0.5, 0.6) is 0 Å². The first-order valence-corrected chi connectivity index (χ1v) is 10.1. The highest BCUT2D eigenvalue weighted by atomic mass is 16.5. The molecule has 0 aliphatic carbocycles. The minimum atomic E-state index is -0.104. The summed E-state index contributed by atoms with van der Waals surface area (Å²) in [6.07, 6.45) is 3.09.